The summed E-state index contributed by atoms with van der Waals surface area (Å²) in [5, 5.41) is 3.16. The number of nitrogens with one attached hydrogen (secondary N) is 1. The van der Waals surface area contributed by atoms with Crippen LogP contribution in [-0.2, 0) is 24.5 Å². The number of anilines is 1. The zero-order chi connectivity index (χ0) is 32.9. The molecule has 4 rings (SSSR count). The number of rotatable bonds is 8. The number of pyridine rings is 1. The molecule has 9 nitrogen and oxygen atoms in total. The monoisotopic (exact) mass is 628 g/mol. The van der Waals surface area contributed by atoms with E-state index >= 15 is 0 Å². The van der Waals surface area contributed by atoms with Gasteiger partial charge < -0.3 is 14.8 Å². The van der Waals surface area contributed by atoms with Gasteiger partial charge in [0, 0.05) is 36.1 Å². The average molecular weight is 629 g/mol. The van der Waals surface area contributed by atoms with E-state index in [1.807, 2.05) is 12.1 Å². The molecule has 1 saturated heterocycles. The minimum atomic E-state index is -3.09. The Morgan fingerprint density at radius 2 is 1.67 bits per heavy atom. The molecule has 45 heavy (non-hydrogen) atoms. The van der Waals surface area contributed by atoms with Crippen molar-refractivity contribution in [3.8, 4) is 0 Å². The molecule has 2 heterocycles. The summed E-state index contributed by atoms with van der Waals surface area (Å²) in [6.07, 6.45) is 5.77. The van der Waals surface area contributed by atoms with Gasteiger partial charge in [-0.25, -0.2) is 4.79 Å². The van der Waals surface area contributed by atoms with Crippen LogP contribution in [0.4, 0.5) is 19.3 Å². The first-order valence-corrected chi connectivity index (χ1v) is 15.7. The van der Waals surface area contributed by atoms with Crippen molar-refractivity contribution in [3.63, 3.8) is 0 Å². The van der Waals surface area contributed by atoms with Crippen LogP contribution < -0.4 is 10.2 Å². The number of nitrogens with zero attached hydrogens (tertiary/aromatic N) is 3. The van der Waals surface area contributed by atoms with E-state index in [2.05, 4.69) is 31.1 Å². The normalized spacial score (nSPS) is 20.2. The van der Waals surface area contributed by atoms with Gasteiger partial charge in [0.05, 0.1) is 12.6 Å². The number of hydrogen-bond donors (Lipinski definition) is 1. The molecule has 2 aromatic rings. The predicted octanol–water partition coefficient (Wildman–Crippen LogP) is 6.52. The molecule has 0 spiro atoms. The number of benzene rings is 1. The summed E-state index contributed by atoms with van der Waals surface area (Å²) in [6, 6.07) is 8.35. The fourth-order valence-corrected chi connectivity index (χ4v) is 5.97. The summed E-state index contributed by atoms with van der Waals surface area (Å²) >= 11 is 0. The number of halogens is 2. The number of aromatic nitrogens is 1. The van der Waals surface area contributed by atoms with Crippen molar-refractivity contribution in [1.29, 1.82) is 0 Å². The van der Waals surface area contributed by atoms with Crippen molar-refractivity contribution in [3.05, 3.63) is 59.9 Å². The van der Waals surface area contributed by atoms with Crippen LogP contribution in [0.25, 0.3) is 0 Å². The number of likely N-dealkylation sites (tertiary alicyclic amines) is 1. The van der Waals surface area contributed by atoms with E-state index < -0.39 is 42.4 Å². The topological polar surface area (TPSA) is 101 Å². The Hall–Kier alpha value is -3.60. The minimum Gasteiger partial charge on any atom is -0.444 e. The second kappa shape index (κ2) is 14.2. The first kappa shape index (κ1) is 34.3. The highest BCUT2D eigenvalue weighted by Crippen LogP contribution is 2.35. The molecule has 3 atom stereocenters. The fraction of sp³-hybridized carbons (Fsp3) is 0.588. The Morgan fingerprint density at radius 3 is 2.22 bits per heavy atom. The standard InChI is InChI=1S/C34H46F2N4O5/c1-33(2,3)23-14-16-25(17-15-23)40(28(22-11-10-18-37-20-22)29(41)38-24-12-8-7-9-13-24)30(42)27-19-26(44-31(35)36)21-39(27)32(43)45-34(4,5)6/h10-11,14-18,20,24,26-28,31H,7-9,12-13,19,21H2,1-6H3,(H,38,41)/t26-,27-,28?/m1/s1. The van der Waals surface area contributed by atoms with E-state index in [1.54, 1.807) is 51.2 Å². The number of carbonyl (C=O) groups excluding carboxylic acids is 3. The molecule has 3 amide bonds. The molecule has 246 valence electrons. The summed E-state index contributed by atoms with van der Waals surface area (Å²) in [5.74, 6) is -0.997. The number of amides is 3. The zero-order valence-corrected chi connectivity index (χ0v) is 27.1. The summed E-state index contributed by atoms with van der Waals surface area (Å²) in [4.78, 5) is 49.1. The second-order valence-electron chi connectivity index (χ2n) is 13.9. The molecule has 2 fully saturated rings. The van der Waals surface area contributed by atoms with Gasteiger partial charge in [0.25, 0.3) is 5.91 Å². The summed E-state index contributed by atoms with van der Waals surface area (Å²) in [7, 11) is 0. The Balaban J connectivity index is 1.81. The van der Waals surface area contributed by atoms with Gasteiger partial charge in [-0.1, -0.05) is 58.2 Å². The molecule has 1 unspecified atom stereocenters. The molecular weight excluding hydrogens is 582 g/mol. The van der Waals surface area contributed by atoms with E-state index in [0.717, 1.165) is 42.6 Å². The van der Waals surface area contributed by atoms with E-state index in [1.165, 1.54) is 11.1 Å². The molecule has 1 N–H and O–H groups in total. The van der Waals surface area contributed by atoms with E-state index in [0.29, 0.717) is 11.3 Å². The maximum atomic E-state index is 14.8. The number of ether oxygens (including phenoxy) is 2. The van der Waals surface area contributed by atoms with E-state index in [-0.39, 0.29) is 30.3 Å². The van der Waals surface area contributed by atoms with Crippen LogP contribution in [0.2, 0.25) is 0 Å². The van der Waals surface area contributed by atoms with Gasteiger partial charge in [0.1, 0.15) is 17.7 Å². The molecule has 11 heteroatoms. The fourth-order valence-electron chi connectivity index (χ4n) is 5.97. The first-order chi connectivity index (χ1) is 21.1. The lowest BCUT2D eigenvalue weighted by Gasteiger charge is -2.36. The number of alkyl halides is 2. The largest absolute Gasteiger partial charge is 0.444 e. The number of carbonyl (C=O) groups is 3. The minimum absolute atomic E-state index is 0.0424. The maximum Gasteiger partial charge on any atom is 0.411 e. The molecule has 0 bridgehead atoms. The van der Waals surface area contributed by atoms with Gasteiger partial charge in [-0.3, -0.25) is 24.4 Å². The van der Waals surface area contributed by atoms with Crippen LogP contribution in [0, 0.1) is 0 Å². The highest BCUT2D eigenvalue weighted by atomic mass is 19.3. The molecule has 1 aromatic heterocycles. The van der Waals surface area contributed by atoms with E-state index in [9.17, 15) is 23.2 Å². The third-order valence-corrected chi connectivity index (χ3v) is 8.18. The van der Waals surface area contributed by atoms with Crippen molar-refractivity contribution >= 4 is 23.6 Å². The highest BCUT2D eigenvalue weighted by molar-refractivity contribution is 6.05. The molecule has 1 aliphatic heterocycles. The SMILES string of the molecule is CC(C)(C)OC(=O)N1C[C@H](OC(F)F)C[C@@H]1C(=O)N(c1ccc(C(C)(C)C)cc1)C(C(=O)NC1CCCCC1)c1cccnc1. The second-order valence-corrected chi connectivity index (χ2v) is 13.9. The van der Waals surface area contributed by atoms with Crippen molar-refractivity contribution < 1.29 is 32.6 Å². The molecule has 1 aromatic carbocycles. The third kappa shape index (κ3) is 8.99. The Bertz CT molecular complexity index is 1300. The lowest BCUT2D eigenvalue weighted by Crippen LogP contribution is -2.53. The first-order valence-electron chi connectivity index (χ1n) is 15.7. The Kier molecular flexibility index (Phi) is 10.8. The summed E-state index contributed by atoms with van der Waals surface area (Å²) in [6.45, 7) is 7.91. The quantitative estimate of drug-likeness (QED) is 0.357. The van der Waals surface area contributed by atoms with Gasteiger partial charge >= 0.3 is 12.7 Å². The zero-order valence-electron chi connectivity index (χ0n) is 27.1. The molecule has 2 aliphatic rings. The summed E-state index contributed by atoms with van der Waals surface area (Å²) < 4.78 is 37.0. The van der Waals surface area contributed by atoms with Crippen molar-refractivity contribution in [2.75, 3.05) is 11.4 Å². The molecular formula is C34H46F2N4O5. The van der Waals surface area contributed by atoms with E-state index in [4.69, 9.17) is 9.47 Å². The van der Waals surface area contributed by atoms with Gasteiger partial charge in [0.15, 0.2) is 0 Å². The van der Waals surface area contributed by atoms with Crippen molar-refractivity contribution in [1.82, 2.24) is 15.2 Å². The predicted molar refractivity (Wildman–Crippen MR) is 167 cm³/mol. The molecule has 1 aliphatic carbocycles. The lowest BCUT2D eigenvalue weighted by atomic mass is 9.87. The maximum absolute atomic E-state index is 14.8. The molecule has 1 saturated carbocycles. The molecule has 0 radical (unpaired) electrons. The van der Waals surface area contributed by atoms with Crippen molar-refractivity contribution in [2.24, 2.45) is 0 Å². The highest BCUT2D eigenvalue weighted by Gasteiger charge is 2.47. The summed E-state index contributed by atoms with van der Waals surface area (Å²) in [5.41, 5.74) is 0.842. The third-order valence-electron chi connectivity index (χ3n) is 8.18. The lowest BCUT2D eigenvalue weighted by molar-refractivity contribution is -0.159. The Morgan fingerprint density at radius 1 is 1.00 bits per heavy atom. The van der Waals surface area contributed by atoms with Crippen LogP contribution in [0.3, 0.4) is 0 Å². The van der Waals surface area contributed by atoms with Gasteiger partial charge in [-0.2, -0.15) is 8.78 Å². The van der Waals surface area contributed by atoms with Crippen molar-refractivity contribution in [2.45, 2.75) is 122 Å². The van der Waals surface area contributed by atoms with Gasteiger partial charge in [0.2, 0.25) is 5.91 Å². The smallest absolute Gasteiger partial charge is 0.411 e. The van der Waals surface area contributed by atoms with Gasteiger partial charge in [-0.05, 0) is 62.8 Å². The number of hydrogen-bond acceptors (Lipinski definition) is 6. The van der Waals surface area contributed by atoms with Crippen LogP contribution >= 0.6 is 0 Å². The van der Waals surface area contributed by atoms with Gasteiger partial charge in [-0.15, -0.1) is 0 Å². The van der Waals surface area contributed by atoms with Crippen LogP contribution in [0.1, 0.15) is 97.2 Å². The van der Waals surface area contributed by atoms with Crippen LogP contribution in [0.5, 0.6) is 0 Å². The van der Waals surface area contributed by atoms with Crippen LogP contribution in [0.15, 0.2) is 48.8 Å². The Labute approximate surface area is 264 Å². The average Bonchev–Trinajstić information content (AvgIpc) is 3.38. The van der Waals surface area contributed by atoms with Crippen LogP contribution in [-0.4, -0.2) is 64.7 Å².